The summed E-state index contributed by atoms with van der Waals surface area (Å²) in [5.74, 6) is -1.64. The second-order valence-electron chi connectivity index (χ2n) is 7.64. The first-order chi connectivity index (χ1) is 15.0. The minimum Gasteiger partial charge on any atom is -0.454 e. The van der Waals surface area contributed by atoms with E-state index in [-0.39, 0.29) is 6.42 Å². The second-order valence-corrected chi connectivity index (χ2v) is 7.64. The third-order valence-corrected chi connectivity index (χ3v) is 5.30. The van der Waals surface area contributed by atoms with E-state index in [4.69, 9.17) is 4.74 Å². The number of ether oxygens (including phenoxy) is 1. The smallest absolute Gasteiger partial charge is 0.329 e. The summed E-state index contributed by atoms with van der Waals surface area (Å²) in [7, 11) is 0. The van der Waals surface area contributed by atoms with Gasteiger partial charge in [-0.2, -0.15) is 5.26 Å². The summed E-state index contributed by atoms with van der Waals surface area (Å²) in [6.07, 6.45) is 3.15. The van der Waals surface area contributed by atoms with Gasteiger partial charge in [-0.05, 0) is 43.4 Å². The number of hydrogen-bond acceptors (Lipinski definition) is 5. The van der Waals surface area contributed by atoms with Crippen molar-refractivity contribution < 1.29 is 19.1 Å². The van der Waals surface area contributed by atoms with Crippen LogP contribution in [0.15, 0.2) is 60.7 Å². The molecular weight excluding hydrogens is 394 g/mol. The highest BCUT2D eigenvalue weighted by Gasteiger charge is 2.35. The molecule has 2 aromatic carbocycles. The molecule has 0 bridgehead atoms. The highest BCUT2D eigenvalue weighted by atomic mass is 16.5. The first-order valence-electron chi connectivity index (χ1n) is 10.3. The lowest BCUT2D eigenvalue weighted by Crippen LogP contribution is -2.48. The van der Waals surface area contributed by atoms with E-state index in [1.165, 1.54) is 0 Å². The van der Waals surface area contributed by atoms with Gasteiger partial charge in [-0.15, -0.1) is 0 Å². The van der Waals surface area contributed by atoms with Crippen LogP contribution in [0.2, 0.25) is 0 Å². The van der Waals surface area contributed by atoms with Gasteiger partial charge in [-0.1, -0.05) is 48.5 Å². The molecule has 0 aromatic heterocycles. The van der Waals surface area contributed by atoms with Crippen LogP contribution in [0, 0.1) is 11.3 Å². The van der Waals surface area contributed by atoms with Crippen molar-refractivity contribution in [1.29, 1.82) is 5.26 Å². The van der Waals surface area contributed by atoms with Crippen molar-refractivity contribution in [3.05, 3.63) is 71.8 Å². The van der Waals surface area contributed by atoms with Crippen molar-refractivity contribution >= 4 is 17.8 Å². The van der Waals surface area contributed by atoms with Crippen molar-refractivity contribution in [1.82, 2.24) is 10.6 Å². The summed E-state index contributed by atoms with van der Waals surface area (Å²) in [6, 6.07) is 19.0. The van der Waals surface area contributed by atoms with E-state index < -0.39 is 36.0 Å². The van der Waals surface area contributed by atoms with Gasteiger partial charge in [0, 0.05) is 12.0 Å². The van der Waals surface area contributed by atoms with Crippen molar-refractivity contribution in [2.75, 3.05) is 6.61 Å². The Hall–Kier alpha value is -3.66. The van der Waals surface area contributed by atoms with E-state index in [2.05, 4.69) is 16.7 Å². The van der Waals surface area contributed by atoms with Crippen LogP contribution in [0.1, 0.15) is 41.6 Å². The molecule has 7 heteroatoms. The van der Waals surface area contributed by atoms with E-state index in [1.807, 2.05) is 30.3 Å². The number of carbonyl (C=O) groups is 3. The molecule has 1 fully saturated rings. The fourth-order valence-electron chi connectivity index (χ4n) is 3.66. The minimum absolute atomic E-state index is 0.224. The number of rotatable bonds is 8. The lowest BCUT2D eigenvalue weighted by Gasteiger charge is -2.22. The van der Waals surface area contributed by atoms with Gasteiger partial charge in [-0.3, -0.25) is 9.59 Å². The molecule has 2 N–H and O–H groups in total. The normalized spacial score (nSPS) is 15.3. The number of carbonyl (C=O) groups excluding carboxylic acids is 3. The molecule has 160 valence electrons. The molecular formula is C24H25N3O4. The maximum Gasteiger partial charge on any atom is 0.329 e. The summed E-state index contributed by atoms with van der Waals surface area (Å²) in [5.41, 5.74) is 0.383. The SMILES string of the molecule is N#CC1(NC(=O)COC(=O)[C@H](Cc2ccccc2)NC(=O)c2ccccc2)CCCC1. The number of amides is 2. The molecule has 7 nitrogen and oxygen atoms in total. The average molecular weight is 419 g/mol. The Morgan fingerprint density at radius 3 is 2.23 bits per heavy atom. The van der Waals surface area contributed by atoms with Crippen molar-refractivity contribution in [3.63, 3.8) is 0 Å². The van der Waals surface area contributed by atoms with E-state index in [9.17, 15) is 19.6 Å². The van der Waals surface area contributed by atoms with Gasteiger partial charge < -0.3 is 15.4 Å². The zero-order valence-corrected chi connectivity index (χ0v) is 17.2. The Labute approximate surface area is 181 Å². The predicted octanol–water partition coefficient (Wildman–Crippen LogP) is 2.52. The molecule has 2 aromatic rings. The molecule has 31 heavy (non-hydrogen) atoms. The van der Waals surface area contributed by atoms with Crippen LogP contribution >= 0.6 is 0 Å². The maximum absolute atomic E-state index is 12.7. The lowest BCUT2D eigenvalue weighted by atomic mass is 10.00. The first kappa shape index (κ1) is 22.0. The largest absolute Gasteiger partial charge is 0.454 e. The van der Waals surface area contributed by atoms with Crippen molar-refractivity contribution in [2.45, 2.75) is 43.7 Å². The van der Waals surface area contributed by atoms with Crippen LogP contribution in [0.4, 0.5) is 0 Å². The van der Waals surface area contributed by atoms with E-state index in [0.717, 1.165) is 18.4 Å². The lowest BCUT2D eigenvalue weighted by molar-refractivity contribution is -0.150. The number of nitrogens with zero attached hydrogens (tertiary/aromatic N) is 1. The third-order valence-electron chi connectivity index (χ3n) is 5.30. The van der Waals surface area contributed by atoms with Gasteiger partial charge >= 0.3 is 5.97 Å². The monoisotopic (exact) mass is 419 g/mol. The van der Waals surface area contributed by atoms with Crippen LogP contribution in [0.25, 0.3) is 0 Å². The summed E-state index contributed by atoms with van der Waals surface area (Å²) in [4.78, 5) is 37.6. The summed E-state index contributed by atoms with van der Waals surface area (Å²) in [5, 5.41) is 14.8. The summed E-state index contributed by atoms with van der Waals surface area (Å²) < 4.78 is 5.20. The fourth-order valence-corrected chi connectivity index (χ4v) is 3.66. The Morgan fingerprint density at radius 1 is 1.00 bits per heavy atom. The van der Waals surface area contributed by atoms with E-state index in [1.54, 1.807) is 30.3 Å². The Bertz CT molecular complexity index is 948. The van der Waals surface area contributed by atoms with Crippen molar-refractivity contribution in [3.8, 4) is 6.07 Å². The second kappa shape index (κ2) is 10.4. The third kappa shape index (κ3) is 6.16. The van der Waals surface area contributed by atoms with Crippen LogP contribution in [-0.4, -0.2) is 36.0 Å². The van der Waals surface area contributed by atoms with Gasteiger partial charge in [0.1, 0.15) is 11.6 Å². The van der Waals surface area contributed by atoms with Crippen LogP contribution in [-0.2, 0) is 20.7 Å². The predicted molar refractivity (Wildman–Crippen MR) is 114 cm³/mol. The number of esters is 1. The Kier molecular flexibility index (Phi) is 7.39. The Balaban J connectivity index is 1.63. The Morgan fingerprint density at radius 2 is 1.61 bits per heavy atom. The summed E-state index contributed by atoms with van der Waals surface area (Å²) in [6.45, 7) is -0.505. The number of nitriles is 1. The molecule has 0 unspecified atom stereocenters. The van der Waals surface area contributed by atoms with Crippen LogP contribution in [0.5, 0.6) is 0 Å². The topological polar surface area (TPSA) is 108 Å². The minimum atomic E-state index is -0.959. The number of benzene rings is 2. The van der Waals surface area contributed by atoms with E-state index in [0.29, 0.717) is 18.4 Å². The van der Waals surface area contributed by atoms with Crippen LogP contribution < -0.4 is 10.6 Å². The standard InChI is InChI=1S/C24H25N3O4/c25-17-24(13-7-8-14-24)27-21(28)16-31-23(30)20(15-18-9-3-1-4-10-18)26-22(29)19-11-5-2-6-12-19/h1-6,9-12,20H,7-8,13-16H2,(H,26,29)(H,27,28)/t20-/m0/s1. The van der Waals surface area contributed by atoms with E-state index >= 15 is 0 Å². The molecule has 0 aliphatic heterocycles. The van der Waals surface area contributed by atoms with Gasteiger partial charge in [-0.25, -0.2) is 4.79 Å². The molecule has 1 saturated carbocycles. The molecule has 0 spiro atoms. The highest BCUT2D eigenvalue weighted by Crippen LogP contribution is 2.28. The van der Waals surface area contributed by atoms with Gasteiger partial charge in [0.2, 0.25) is 0 Å². The zero-order chi connectivity index (χ0) is 22.1. The zero-order valence-electron chi connectivity index (χ0n) is 17.2. The molecule has 0 saturated heterocycles. The molecule has 1 aliphatic carbocycles. The van der Waals surface area contributed by atoms with Gasteiger partial charge in [0.25, 0.3) is 11.8 Å². The van der Waals surface area contributed by atoms with Gasteiger partial charge in [0.15, 0.2) is 6.61 Å². The average Bonchev–Trinajstić information content (AvgIpc) is 3.27. The first-order valence-corrected chi connectivity index (χ1v) is 10.3. The maximum atomic E-state index is 12.7. The molecule has 1 atom stereocenters. The molecule has 1 aliphatic rings. The van der Waals surface area contributed by atoms with Gasteiger partial charge in [0.05, 0.1) is 6.07 Å². The quantitative estimate of drug-likeness (QED) is 0.639. The molecule has 0 heterocycles. The fraction of sp³-hybridized carbons (Fsp3) is 0.333. The molecule has 3 rings (SSSR count). The number of nitrogens with one attached hydrogen (secondary N) is 2. The highest BCUT2D eigenvalue weighted by molar-refractivity contribution is 5.97. The summed E-state index contributed by atoms with van der Waals surface area (Å²) >= 11 is 0. The molecule has 2 amide bonds. The number of hydrogen-bond donors (Lipinski definition) is 2. The van der Waals surface area contributed by atoms with Crippen molar-refractivity contribution in [2.24, 2.45) is 0 Å². The van der Waals surface area contributed by atoms with Crippen LogP contribution in [0.3, 0.4) is 0 Å². The molecule has 0 radical (unpaired) electrons.